The molecule has 10 nitrogen and oxygen atoms in total. The number of carbonyl (C=O) groups is 1. The highest BCUT2D eigenvalue weighted by Crippen LogP contribution is 2.38. The van der Waals surface area contributed by atoms with Crippen LogP contribution in [0.2, 0.25) is 0 Å². The molecular formula is C29H33F3N8O2. The maximum atomic E-state index is 13.4. The minimum absolute atomic E-state index is 0.0355. The summed E-state index contributed by atoms with van der Waals surface area (Å²) >= 11 is 0. The molecule has 0 bridgehead atoms. The fraction of sp³-hybridized carbons (Fsp3) is 0.310. The van der Waals surface area contributed by atoms with Crippen LogP contribution >= 0.6 is 0 Å². The number of anilines is 3. The molecule has 42 heavy (non-hydrogen) atoms. The van der Waals surface area contributed by atoms with Gasteiger partial charge in [0.05, 0.1) is 30.2 Å². The number of nitrogens with two attached hydrogens (primary N) is 1. The fourth-order valence-electron chi connectivity index (χ4n) is 4.46. The molecular weight excluding hydrogens is 549 g/mol. The molecule has 3 aromatic rings. The van der Waals surface area contributed by atoms with Crippen LogP contribution < -0.4 is 26.0 Å². The van der Waals surface area contributed by atoms with Gasteiger partial charge in [0.25, 0.3) is 5.91 Å². The van der Waals surface area contributed by atoms with Crippen molar-refractivity contribution in [2.45, 2.75) is 20.0 Å². The summed E-state index contributed by atoms with van der Waals surface area (Å²) in [5.74, 6) is -0.353. The van der Waals surface area contributed by atoms with E-state index in [4.69, 9.17) is 15.5 Å². The van der Waals surface area contributed by atoms with Crippen molar-refractivity contribution in [1.29, 1.82) is 0 Å². The lowest BCUT2D eigenvalue weighted by Crippen LogP contribution is -2.46. The minimum Gasteiger partial charge on any atom is -0.496 e. The lowest BCUT2D eigenvalue weighted by atomic mass is 10.1. The Morgan fingerprint density at radius 2 is 1.93 bits per heavy atom. The Balaban J connectivity index is 1.61. The molecule has 1 fully saturated rings. The molecule has 0 spiro atoms. The molecule has 2 heterocycles. The summed E-state index contributed by atoms with van der Waals surface area (Å²) in [6.07, 6.45) is -1.55. The van der Waals surface area contributed by atoms with Crippen LogP contribution in [0.3, 0.4) is 0 Å². The summed E-state index contributed by atoms with van der Waals surface area (Å²) < 4.78 is 45.1. The Morgan fingerprint density at radius 3 is 2.57 bits per heavy atom. The second-order valence-electron chi connectivity index (χ2n) is 9.57. The molecule has 0 radical (unpaired) electrons. The number of amidine groups is 1. The first-order valence-corrected chi connectivity index (χ1v) is 13.3. The predicted molar refractivity (Wildman–Crippen MR) is 158 cm³/mol. The van der Waals surface area contributed by atoms with Crippen molar-refractivity contribution in [2.24, 2.45) is 10.7 Å². The van der Waals surface area contributed by atoms with Gasteiger partial charge in [-0.1, -0.05) is 19.6 Å². The smallest absolute Gasteiger partial charge is 0.420 e. The van der Waals surface area contributed by atoms with Gasteiger partial charge in [0.1, 0.15) is 11.4 Å². The first kappa shape index (κ1) is 30.3. The second kappa shape index (κ2) is 12.9. The summed E-state index contributed by atoms with van der Waals surface area (Å²) in [5.41, 5.74) is 7.58. The van der Waals surface area contributed by atoms with Gasteiger partial charge in [-0.15, -0.1) is 0 Å². The molecule has 13 heteroatoms. The lowest BCUT2D eigenvalue weighted by molar-refractivity contribution is -0.138. The number of amides is 1. The molecule has 2 aromatic carbocycles. The Bertz CT molecular complexity index is 1480. The molecule has 1 aromatic heterocycles. The van der Waals surface area contributed by atoms with Crippen molar-refractivity contribution < 1.29 is 22.7 Å². The van der Waals surface area contributed by atoms with E-state index in [1.165, 1.54) is 18.3 Å². The van der Waals surface area contributed by atoms with Crippen LogP contribution in [0, 0.1) is 6.92 Å². The molecule has 222 valence electrons. The van der Waals surface area contributed by atoms with E-state index in [1.54, 1.807) is 25.3 Å². The summed E-state index contributed by atoms with van der Waals surface area (Å²) in [5, 5.41) is 5.49. The molecule has 0 aliphatic carbocycles. The second-order valence-corrected chi connectivity index (χ2v) is 9.57. The van der Waals surface area contributed by atoms with Crippen molar-refractivity contribution in [3.63, 3.8) is 0 Å². The zero-order valence-electron chi connectivity index (χ0n) is 23.6. The third-order valence-electron chi connectivity index (χ3n) is 6.85. The van der Waals surface area contributed by atoms with Crippen LogP contribution in [0.15, 0.2) is 60.4 Å². The van der Waals surface area contributed by atoms with Crippen LogP contribution in [0.1, 0.15) is 34.1 Å². The van der Waals surface area contributed by atoms with Gasteiger partial charge in [0.2, 0.25) is 5.95 Å². The van der Waals surface area contributed by atoms with E-state index in [9.17, 15) is 18.0 Å². The van der Waals surface area contributed by atoms with Gasteiger partial charge in [-0.05, 0) is 55.6 Å². The number of nitrogens with zero attached hydrogens (tertiary/aromatic N) is 5. The highest BCUT2D eigenvalue weighted by Gasteiger charge is 2.34. The number of alkyl halides is 3. The quantitative estimate of drug-likeness (QED) is 0.243. The number of ether oxygens (including phenoxy) is 1. The van der Waals surface area contributed by atoms with E-state index in [1.807, 2.05) is 0 Å². The van der Waals surface area contributed by atoms with Crippen molar-refractivity contribution >= 4 is 34.8 Å². The third kappa shape index (κ3) is 6.97. The van der Waals surface area contributed by atoms with Crippen LogP contribution in [0.4, 0.5) is 36.2 Å². The zero-order valence-corrected chi connectivity index (χ0v) is 23.6. The number of carbonyl (C=O) groups excluding carboxylic acids is 1. The van der Waals surface area contributed by atoms with Gasteiger partial charge in [-0.2, -0.15) is 13.2 Å². The predicted octanol–water partition coefficient (Wildman–Crippen LogP) is 4.80. The van der Waals surface area contributed by atoms with Crippen molar-refractivity contribution in [2.75, 3.05) is 55.4 Å². The summed E-state index contributed by atoms with van der Waals surface area (Å²) in [6.45, 7) is 11.9. The molecule has 0 saturated carbocycles. The van der Waals surface area contributed by atoms with Crippen molar-refractivity contribution in [1.82, 2.24) is 14.9 Å². The van der Waals surface area contributed by atoms with E-state index in [-0.39, 0.29) is 22.8 Å². The van der Waals surface area contributed by atoms with Gasteiger partial charge >= 0.3 is 6.18 Å². The van der Waals surface area contributed by atoms with E-state index in [2.05, 4.69) is 43.9 Å². The summed E-state index contributed by atoms with van der Waals surface area (Å²) in [4.78, 5) is 31.2. The highest BCUT2D eigenvalue weighted by molar-refractivity contribution is 6.06. The average Bonchev–Trinajstić information content (AvgIpc) is 2.98. The number of aromatic nitrogens is 2. The first-order valence-electron chi connectivity index (χ1n) is 13.3. The number of aliphatic imine (C=N–C) groups is 1. The van der Waals surface area contributed by atoms with Gasteiger partial charge in [0, 0.05) is 37.4 Å². The summed E-state index contributed by atoms with van der Waals surface area (Å²) in [7, 11) is 1.15. The van der Waals surface area contributed by atoms with Crippen LogP contribution in [0.25, 0.3) is 0 Å². The Labute approximate surface area is 242 Å². The highest BCUT2D eigenvalue weighted by atomic mass is 19.4. The Kier molecular flexibility index (Phi) is 9.31. The van der Waals surface area contributed by atoms with Gasteiger partial charge in [-0.3, -0.25) is 4.79 Å². The van der Waals surface area contributed by atoms with Crippen LogP contribution in [-0.2, 0) is 6.18 Å². The van der Waals surface area contributed by atoms with E-state index < -0.39 is 17.6 Å². The molecule has 1 amide bonds. The van der Waals surface area contributed by atoms with Crippen LogP contribution in [-0.4, -0.2) is 66.4 Å². The number of methoxy groups -OCH3 is 1. The molecule has 0 atom stereocenters. The number of rotatable bonds is 9. The minimum atomic E-state index is -4.65. The fourth-order valence-corrected chi connectivity index (χ4v) is 4.46. The number of hydrogen-bond donors (Lipinski definition) is 3. The molecule has 0 unspecified atom stereocenters. The standard InChI is InChI=1S/C29H33F3N8O2/c1-5-34-23-17-35-28(40-13-11-39(6-2)12-14-40)38-25(23)26(33)37-22-15-19(8-7-18(22)3)27(41)36-20-9-10-24(42-4)21(16-20)29(30,31)32/h5,7-10,15-17,34H,1,6,11-14H2,2-4H3,(H2,33,37)(H,36,41). The first-order chi connectivity index (χ1) is 20.0. The normalized spacial score (nSPS) is 14.4. The summed E-state index contributed by atoms with van der Waals surface area (Å²) in [6, 6.07) is 8.05. The van der Waals surface area contributed by atoms with Gasteiger partial charge < -0.3 is 30.9 Å². The average molecular weight is 583 g/mol. The third-order valence-corrected chi connectivity index (χ3v) is 6.85. The van der Waals surface area contributed by atoms with Crippen LogP contribution in [0.5, 0.6) is 5.75 Å². The molecule has 4 rings (SSSR count). The van der Waals surface area contributed by atoms with Gasteiger partial charge in [-0.25, -0.2) is 15.0 Å². The zero-order chi connectivity index (χ0) is 30.4. The molecule has 4 N–H and O–H groups in total. The van der Waals surface area contributed by atoms with Gasteiger partial charge in [0.15, 0.2) is 5.84 Å². The number of piperazine rings is 1. The largest absolute Gasteiger partial charge is 0.496 e. The SMILES string of the molecule is C=CNc1cnc(N2CCN(CC)CC2)nc1C(N)=Nc1cc(C(=O)Nc2ccc(OC)c(C(F)(F)F)c2)ccc1C. The number of nitrogens with one attached hydrogen (secondary N) is 2. The maximum absolute atomic E-state index is 13.4. The molecule has 1 saturated heterocycles. The van der Waals surface area contributed by atoms with E-state index >= 15 is 0 Å². The van der Waals surface area contributed by atoms with E-state index in [0.717, 1.165) is 57.5 Å². The molecule has 1 aliphatic rings. The Hall–Kier alpha value is -4.65. The number of aryl methyl sites for hydroxylation is 1. The number of likely N-dealkylation sites (N-methyl/N-ethyl adjacent to an activating group) is 1. The Morgan fingerprint density at radius 1 is 1.19 bits per heavy atom. The monoisotopic (exact) mass is 582 g/mol. The maximum Gasteiger partial charge on any atom is 0.420 e. The van der Waals surface area contributed by atoms with Crippen molar-refractivity contribution in [3.05, 3.63) is 77.8 Å². The lowest BCUT2D eigenvalue weighted by Gasteiger charge is -2.34. The van der Waals surface area contributed by atoms with E-state index in [0.29, 0.717) is 23.0 Å². The number of halogens is 3. The van der Waals surface area contributed by atoms with Crippen molar-refractivity contribution in [3.8, 4) is 5.75 Å². The molecule has 1 aliphatic heterocycles. The number of benzene rings is 2. The number of hydrogen-bond acceptors (Lipinski definition) is 8. The topological polar surface area (TPSA) is 121 Å².